The van der Waals surface area contributed by atoms with E-state index in [2.05, 4.69) is 11.2 Å². The smallest absolute Gasteiger partial charge is 0.132 e. The van der Waals surface area contributed by atoms with Crippen LogP contribution in [0.1, 0.15) is 33.6 Å². The van der Waals surface area contributed by atoms with Gasteiger partial charge in [0.15, 0.2) is 0 Å². The van der Waals surface area contributed by atoms with Crippen LogP contribution in [-0.2, 0) is 13.2 Å². The number of aromatic nitrogens is 2. The van der Waals surface area contributed by atoms with E-state index < -0.39 is 0 Å². The summed E-state index contributed by atoms with van der Waals surface area (Å²) in [5.41, 5.74) is 5.59. The zero-order chi connectivity index (χ0) is 18.7. The molecule has 0 aliphatic carbocycles. The lowest BCUT2D eigenvalue weighted by molar-refractivity contribution is 0.279. The summed E-state index contributed by atoms with van der Waals surface area (Å²) in [7, 11) is 0. The topological polar surface area (TPSA) is 71.1 Å². The molecule has 0 amide bonds. The fourth-order valence-electron chi connectivity index (χ4n) is 3.14. The Kier molecular flexibility index (Phi) is 5.06. The molecule has 0 bridgehead atoms. The van der Waals surface area contributed by atoms with E-state index in [1.807, 2.05) is 63.2 Å². The summed E-state index contributed by atoms with van der Waals surface area (Å²) in [6.45, 7) is 5.96. The van der Waals surface area contributed by atoms with E-state index in [0.717, 1.165) is 33.8 Å². The molecule has 0 saturated heterocycles. The van der Waals surface area contributed by atoms with E-state index in [9.17, 15) is 10.4 Å². The molecule has 3 aromatic rings. The van der Waals surface area contributed by atoms with E-state index in [1.165, 1.54) is 0 Å². The molecule has 1 heterocycles. The Morgan fingerprint density at radius 3 is 2.35 bits per heavy atom. The van der Waals surface area contributed by atoms with Crippen molar-refractivity contribution >= 4 is 0 Å². The average Bonchev–Trinajstić information content (AvgIpc) is 2.97. The molecule has 0 unspecified atom stereocenters. The molecule has 5 heteroatoms. The highest BCUT2D eigenvalue weighted by Crippen LogP contribution is 2.27. The zero-order valence-corrected chi connectivity index (χ0v) is 15.2. The van der Waals surface area contributed by atoms with Crippen molar-refractivity contribution < 1.29 is 9.84 Å². The number of hydrogen-bond acceptors (Lipinski definition) is 4. The second-order valence-corrected chi connectivity index (χ2v) is 6.27. The first-order chi connectivity index (χ1) is 12.5. The van der Waals surface area contributed by atoms with Crippen molar-refractivity contribution in [3.8, 4) is 17.5 Å². The normalized spacial score (nSPS) is 10.6. The van der Waals surface area contributed by atoms with Gasteiger partial charge in [0.05, 0.1) is 23.7 Å². The van der Waals surface area contributed by atoms with Gasteiger partial charge in [-0.25, -0.2) is 4.68 Å². The van der Waals surface area contributed by atoms with Gasteiger partial charge < -0.3 is 9.84 Å². The quantitative estimate of drug-likeness (QED) is 0.763. The zero-order valence-electron chi connectivity index (χ0n) is 15.2. The van der Waals surface area contributed by atoms with Gasteiger partial charge in [0, 0.05) is 0 Å². The van der Waals surface area contributed by atoms with Crippen LogP contribution in [0.2, 0.25) is 0 Å². The molecular formula is C21H21N3O2. The first kappa shape index (κ1) is 17.7. The van der Waals surface area contributed by atoms with Crippen LogP contribution in [0.25, 0.3) is 5.69 Å². The second kappa shape index (κ2) is 7.42. The predicted molar refractivity (Wildman–Crippen MR) is 99.2 cm³/mol. The van der Waals surface area contributed by atoms with Gasteiger partial charge >= 0.3 is 0 Å². The van der Waals surface area contributed by atoms with Gasteiger partial charge in [-0.15, -0.1) is 0 Å². The minimum atomic E-state index is 0.000509. The van der Waals surface area contributed by atoms with Crippen LogP contribution in [0.15, 0.2) is 42.5 Å². The van der Waals surface area contributed by atoms with E-state index in [4.69, 9.17) is 4.74 Å². The second-order valence-electron chi connectivity index (χ2n) is 6.27. The van der Waals surface area contributed by atoms with Gasteiger partial charge in [-0.1, -0.05) is 30.3 Å². The Hall–Kier alpha value is -3.10. The summed E-state index contributed by atoms with van der Waals surface area (Å²) in [5.74, 6) is 0.768. The predicted octanol–water partition coefficient (Wildman–Crippen LogP) is 3.74. The molecule has 0 radical (unpaired) electrons. The minimum Gasteiger partial charge on any atom is -0.487 e. The molecule has 0 aliphatic rings. The van der Waals surface area contributed by atoms with Gasteiger partial charge in [0.2, 0.25) is 0 Å². The number of rotatable bonds is 5. The third kappa shape index (κ3) is 3.32. The van der Waals surface area contributed by atoms with E-state index in [1.54, 1.807) is 4.68 Å². The number of ether oxygens (including phenoxy) is 1. The molecule has 3 rings (SSSR count). The molecule has 5 nitrogen and oxygen atoms in total. The van der Waals surface area contributed by atoms with Crippen LogP contribution >= 0.6 is 0 Å². The lowest BCUT2D eigenvalue weighted by Crippen LogP contribution is -2.08. The van der Waals surface area contributed by atoms with E-state index in [-0.39, 0.29) is 13.2 Å². The highest BCUT2D eigenvalue weighted by Gasteiger charge is 2.18. The summed E-state index contributed by atoms with van der Waals surface area (Å²) in [6, 6.07) is 15.8. The molecule has 1 N–H and O–H groups in total. The SMILES string of the molecule is Cc1cc(CO)cc(C)c1OCc1c(C#N)c(C)nn1-c1ccccc1. The monoisotopic (exact) mass is 347 g/mol. The third-order valence-electron chi connectivity index (χ3n) is 4.32. The van der Waals surface area contributed by atoms with Gasteiger partial charge in [-0.2, -0.15) is 10.4 Å². The minimum absolute atomic E-state index is 0.000509. The Morgan fingerprint density at radius 1 is 1.12 bits per heavy atom. The maximum Gasteiger partial charge on any atom is 0.132 e. The van der Waals surface area contributed by atoms with Crippen LogP contribution in [0.4, 0.5) is 0 Å². The Labute approximate surface area is 153 Å². The molecular weight excluding hydrogens is 326 g/mol. The molecule has 132 valence electrons. The van der Waals surface area contributed by atoms with E-state index >= 15 is 0 Å². The molecule has 26 heavy (non-hydrogen) atoms. The number of hydrogen-bond donors (Lipinski definition) is 1. The van der Waals surface area contributed by atoms with Crippen molar-refractivity contribution in [1.29, 1.82) is 5.26 Å². The van der Waals surface area contributed by atoms with Crippen LogP contribution < -0.4 is 4.74 Å². The number of aryl methyl sites for hydroxylation is 3. The van der Waals surface area contributed by atoms with Crippen molar-refractivity contribution in [2.45, 2.75) is 34.0 Å². The number of nitriles is 1. The first-order valence-corrected chi connectivity index (χ1v) is 8.43. The Balaban J connectivity index is 1.97. The largest absolute Gasteiger partial charge is 0.487 e. The average molecular weight is 347 g/mol. The Morgan fingerprint density at radius 2 is 1.77 bits per heavy atom. The molecule has 0 saturated carbocycles. The summed E-state index contributed by atoms with van der Waals surface area (Å²) in [4.78, 5) is 0. The molecule has 1 aromatic heterocycles. The van der Waals surface area contributed by atoms with Crippen molar-refractivity contribution in [2.75, 3.05) is 0 Å². The number of benzene rings is 2. The van der Waals surface area contributed by atoms with Gasteiger partial charge in [-0.3, -0.25) is 0 Å². The standard InChI is InChI=1S/C21H21N3O2/c1-14-9-17(12-25)10-15(2)21(14)26-13-20-19(11-22)16(3)23-24(20)18-7-5-4-6-8-18/h4-10,25H,12-13H2,1-3H3. The number of nitrogens with zero attached hydrogens (tertiary/aromatic N) is 3. The third-order valence-corrected chi connectivity index (χ3v) is 4.32. The highest BCUT2D eigenvalue weighted by molar-refractivity contribution is 5.45. The molecule has 0 atom stereocenters. The lowest BCUT2D eigenvalue weighted by Gasteiger charge is -2.15. The van der Waals surface area contributed by atoms with Gasteiger partial charge in [-0.05, 0) is 49.6 Å². The van der Waals surface area contributed by atoms with Crippen LogP contribution in [0, 0.1) is 32.1 Å². The fourth-order valence-corrected chi connectivity index (χ4v) is 3.14. The summed E-state index contributed by atoms with van der Waals surface area (Å²) >= 11 is 0. The van der Waals surface area contributed by atoms with Crippen LogP contribution in [0.5, 0.6) is 5.75 Å². The van der Waals surface area contributed by atoms with E-state index in [0.29, 0.717) is 11.3 Å². The van der Waals surface area contributed by atoms with Crippen LogP contribution in [0.3, 0.4) is 0 Å². The van der Waals surface area contributed by atoms with Crippen molar-refractivity contribution in [3.63, 3.8) is 0 Å². The molecule has 0 spiro atoms. The highest BCUT2D eigenvalue weighted by atomic mass is 16.5. The van der Waals surface area contributed by atoms with Gasteiger partial charge in [0.1, 0.15) is 24.0 Å². The Bertz CT molecular complexity index is 946. The van der Waals surface area contributed by atoms with Crippen molar-refractivity contribution in [3.05, 3.63) is 76.1 Å². The summed E-state index contributed by atoms with van der Waals surface area (Å²) < 4.78 is 7.84. The van der Waals surface area contributed by atoms with Crippen LogP contribution in [-0.4, -0.2) is 14.9 Å². The van der Waals surface area contributed by atoms with Crippen molar-refractivity contribution in [1.82, 2.24) is 9.78 Å². The number of para-hydroxylation sites is 1. The molecule has 2 aromatic carbocycles. The fraction of sp³-hybridized carbons (Fsp3) is 0.238. The first-order valence-electron chi connectivity index (χ1n) is 8.43. The molecule has 0 aliphatic heterocycles. The maximum atomic E-state index is 9.55. The maximum absolute atomic E-state index is 9.55. The lowest BCUT2D eigenvalue weighted by atomic mass is 10.1. The summed E-state index contributed by atoms with van der Waals surface area (Å²) in [6.07, 6.45) is 0. The van der Waals surface area contributed by atoms with Crippen molar-refractivity contribution in [2.24, 2.45) is 0 Å². The van der Waals surface area contributed by atoms with Gasteiger partial charge in [0.25, 0.3) is 0 Å². The number of aliphatic hydroxyl groups is 1. The summed E-state index contributed by atoms with van der Waals surface area (Å²) in [5, 5.41) is 23.4. The number of aliphatic hydroxyl groups excluding tert-OH is 1. The molecule has 0 fully saturated rings.